The number of hydrogen-bond donors (Lipinski definition) is 1. The molecule has 2 aromatic rings. The molecule has 5 heteroatoms. The predicted octanol–water partition coefficient (Wildman–Crippen LogP) is 6.31. The summed E-state index contributed by atoms with van der Waals surface area (Å²) in [4.78, 5) is 4.99. The smallest absolute Gasteiger partial charge is 0.203 e. The van der Waals surface area contributed by atoms with Gasteiger partial charge in [-0.25, -0.2) is 0 Å². The van der Waals surface area contributed by atoms with Crippen LogP contribution in [0.15, 0.2) is 47.5 Å². The summed E-state index contributed by atoms with van der Waals surface area (Å²) in [6.07, 6.45) is 11.2. The number of aliphatic imine (C=N–C) groups is 1. The van der Waals surface area contributed by atoms with Crippen LogP contribution in [0.25, 0.3) is 0 Å². The highest BCUT2D eigenvalue weighted by atomic mass is 16.5. The summed E-state index contributed by atoms with van der Waals surface area (Å²) in [5.74, 6) is 3.01. The molecular formula is C27H38N2O3. The van der Waals surface area contributed by atoms with Crippen molar-refractivity contribution in [3.63, 3.8) is 0 Å². The maximum atomic E-state index is 5.63. The van der Waals surface area contributed by atoms with Crippen molar-refractivity contribution in [3.8, 4) is 17.2 Å². The second kappa shape index (κ2) is 13.0. The van der Waals surface area contributed by atoms with Gasteiger partial charge in [0.2, 0.25) is 5.75 Å². The summed E-state index contributed by atoms with van der Waals surface area (Å²) in [6.45, 7) is 0.888. The number of ether oxygens (including phenoxy) is 3. The van der Waals surface area contributed by atoms with E-state index in [1.54, 1.807) is 21.3 Å². The maximum absolute atomic E-state index is 5.63. The van der Waals surface area contributed by atoms with Gasteiger partial charge in [0.05, 0.1) is 33.2 Å². The number of amidine groups is 1. The Morgan fingerprint density at radius 1 is 0.719 bits per heavy atom. The van der Waals surface area contributed by atoms with E-state index in [-0.39, 0.29) is 6.04 Å². The summed E-state index contributed by atoms with van der Waals surface area (Å²) < 4.78 is 16.8. The second-order valence-electron chi connectivity index (χ2n) is 8.35. The van der Waals surface area contributed by atoms with E-state index in [0.717, 1.165) is 30.8 Å². The van der Waals surface area contributed by atoms with Crippen molar-refractivity contribution in [3.05, 3.63) is 53.6 Å². The van der Waals surface area contributed by atoms with Gasteiger partial charge in [-0.1, -0.05) is 68.9 Å². The first-order valence-corrected chi connectivity index (χ1v) is 11.9. The number of hydrogen-bond acceptors (Lipinski definition) is 5. The number of benzene rings is 2. The molecule has 1 aliphatic rings. The predicted molar refractivity (Wildman–Crippen MR) is 131 cm³/mol. The fourth-order valence-electron chi connectivity index (χ4n) is 4.32. The topological polar surface area (TPSA) is 52.1 Å². The molecule has 0 fully saturated rings. The standard InChI is InChI=1S/C27H38N2O3/c1-30-23-19-22(20-24(31-2)27(23)32-3)26(21-15-11-10-12-16-21)29-25-17-13-8-6-4-5-7-9-14-18-28-25/h10-12,15-16,19-20,26H,4-9,13-14,17-18H2,1-3H3,(H,28,29). The third-order valence-corrected chi connectivity index (χ3v) is 6.09. The largest absolute Gasteiger partial charge is 0.493 e. The summed E-state index contributed by atoms with van der Waals surface area (Å²) in [7, 11) is 4.94. The van der Waals surface area contributed by atoms with Crippen LogP contribution in [0.4, 0.5) is 0 Å². The first-order chi connectivity index (χ1) is 15.8. The van der Waals surface area contributed by atoms with Crippen LogP contribution in [-0.4, -0.2) is 33.7 Å². The van der Waals surface area contributed by atoms with Crippen LogP contribution >= 0.6 is 0 Å². The minimum Gasteiger partial charge on any atom is -0.493 e. The van der Waals surface area contributed by atoms with Gasteiger partial charge in [0.1, 0.15) is 0 Å². The molecule has 0 saturated heterocycles. The van der Waals surface area contributed by atoms with Crippen LogP contribution in [0, 0.1) is 0 Å². The highest BCUT2D eigenvalue weighted by Gasteiger charge is 2.21. The van der Waals surface area contributed by atoms with E-state index in [9.17, 15) is 0 Å². The van der Waals surface area contributed by atoms with Crippen molar-refractivity contribution in [2.45, 2.75) is 63.8 Å². The van der Waals surface area contributed by atoms with Crippen molar-refractivity contribution >= 4 is 5.84 Å². The van der Waals surface area contributed by atoms with Gasteiger partial charge < -0.3 is 19.5 Å². The van der Waals surface area contributed by atoms with Gasteiger partial charge in [0, 0.05) is 13.0 Å². The molecular weight excluding hydrogens is 400 g/mol. The van der Waals surface area contributed by atoms with Gasteiger partial charge in [-0.3, -0.25) is 4.99 Å². The number of rotatable bonds is 6. The zero-order chi connectivity index (χ0) is 22.6. The Morgan fingerprint density at radius 3 is 1.91 bits per heavy atom. The molecule has 174 valence electrons. The molecule has 32 heavy (non-hydrogen) atoms. The van der Waals surface area contributed by atoms with Gasteiger partial charge >= 0.3 is 0 Å². The Kier molecular flexibility index (Phi) is 9.73. The number of methoxy groups -OCH3 is 3. The van der Waals surface area contributed by atoms with Gasteiger partial charge in [-0.15, -0.1) is 0 Å². The monoisotopic (exact) mass is 438 g/mol. The Bertz CT molecular complexity index is 826. The maximum Gasteiger partial charge on any atom is 0.203 e. The Labute approximate surface area is 193 Å². The number of nitrogens with zero attached hydrogens (tertiary/aromatic N) is 1. The van der Waals surface area contributed by atoms with Crippen LogP contribution in [0.1, 0.15) is 75.0 Å². The van der Waals surface area contributed by atoms with Crippen molar-refractivity contribution in [1.29, 1.82) is 0 Å². The van der Waals surface area contributed by atoms with Crippen LogP contribution < -0.4 is 19.5 Å². The van der Waals surface area contributed by atoms with Crippen molar-refractivity contribution in [1.82, 2.24) is 5.32 Å². The molecule has 0 aromatic heterocycles. The summed E-state index contributed by atoms with van der Waals surface area (Å²) in [5.41, 5.74) is 2.23. The van der Waals surface area contributed by atoms with Crippen LogP contribution in [0.5, 0.6) is 17.2 Å². The van der Waals surface area contributed by atoms with Crippen molar-refractivity contribution in [2.75, 3.05) is 27.9 Å². The van der Waals surface area contributed by atoms with E-state index in [2.05, 4.69) is 29.6 Å². The summed E-state index contributed by atoms with van der Waals surface area (Å²) >= 11 is 0. The van der Waals surface area contributed by atoms with E-state index >= 15 is 0 Å². The molecule has 0 bridgehead atoms. The highest BCUT2D eigenvalue weighted by Crippen LogP contribution is 2.40. The van der Waals surface area contributed by atoms with Crippen molar-refractivity contribution < 1.29 is 14.2 Å². The van der Waals surface area contributed by atoms with Gasteiger partial charge in [-0.05, 0) is 36.1 Å². The molecule has 0 aliphatic carbocycles. The second-order valence-corrected chi connectivity index (χ2v) is 8.35. The first kappa shape index (κ1) is 24.0. The molecule has 0 amide bonds. The Morgan fingerprint density at radius 2 is 1.31 bits per heavy atom. The lowest BCUT2D eigenvalue weighted by Gasteiger charge is -2.24. The van der Waals surface area contributed by atoms with E-state index < -0.39 is 0 Å². The molecule has 0 radical (unpaired) electrons. The molecule has 1 aliphatic heterocycles. The molecule has 3 rings (SSSR count). The van der Waals surface area contributed by atoms with Crippen LogP contribution in [-0.2, 0) is 0 Å². The molecule has 5 nitrogen and oxygen atoms in total. The molecule has 1 unspecified atom stereocenters. The van der Waals surface area contributed by atoms with Crippen LogP contribution in [0.2, 0.25) is 0 Å². The average molecular weight is 439 g/mol. The van der Waals surface area contributed by atoms with E-state index in [0.29, 0.717) is 17.2 Å². The minimum atomic E-state index is -0.0587. The van der Waals surface area contributed by atoms with Crippen molar-refractivity contribution in [2.24, 2.45) is 4.99 Å². The lowest BCUT2D eigenvalue weighted by atomic mass is 9.97. The first-order valence-electron chi connectivity index (χ1n) is 11.9. The van der Waals surface area contributed by atoms with E-state index in [1.165, 1.54) is 50.5 Å². The zero-order valence-corrected chi connectivity index (χ0v) is 19.9. The minimum absolute atomic E-state index is 0.0587. The summed E-state index contributed by atoms with van der Waals surface area (Å²) in [6, 6.07) is 14.5. The number of nitrogens with one attached hydrogen (secondary N) is 1. The molecule has 0 saturated carbocycles. The van der Waals surface area contributed by atoms with Gasteiger partial charge in [0.15, 0.2) is 11.5 Å². The molecule has 2 aromatic carbocycles. The van der Waals surface area contributed by atoms with Gasteiger partial charge in [-0.2, -0.15) is 0 Å². The van der Waals surface area contributed by atoms with Crippen LogP contribution in [0.3, 0.4) is 0 Å². The quantitative estimate of drug-likeness (QED) is 0.574. The molecule has 1 atom stereocenters. The third kappa shape index (κ3) is 6.65. The molecule has 1 N–H and O–H groups in total. The molecule has 0 spiro atoms. The fraction of sp³-hybridized carbons (Fsp3) is 0.519. The zero-order valence-electron chi connectivity index (χ0n) is 19.9. The van der Waals surface area contributed by atoms with E-state index in [1.807, 2.05) is 18.2 Å². The lowest BCUT2D eigenvalue weighted by Crippen LogP contribution is -2.30. The normalized spacial score (nSPS) is 16.7. The van der Waals surface area contributed by atoms with E-state index in [4.69, 9.17) is 19.2 Å². The fourth-order valence-corrected chi connectivity index (χ4v) is 4.32. The Balaban J connectivity index is 1.94. The SMILES string of the molecule is COc1cc(C(NC2=NCCCCCCCCCC2)c2ccccc2)cc(OC)c1OC. The average Bonchev–Trinajstić information content (AvgIpc) is 2.83. The third-order valence-electron chi connectivity index (χ3n) is 6.09. The Hall–Kier alpha value is -2.69. The van der Waals surface area contributed by atoms with Gasteiger partial charge in [0.25, 0.3) is 0 Å². The lowest BCUT2D eigenvalue weighted by molar-refractivity contribution is 0.323. The highest BCUT2D eigenvalue weighted by molar-refractivity contribution is 5.83. The molecule has 1 heterocycles. The summed E-state index contributed by atoms with van der Waals surface area (Å²) in [5, 5.41) is 3.78.